The molecule has 1 amide bonds. The van der Waals surface area contributed by atoms with Crippen LogP contribution in [0, 0.1) is 16.2 Å². The summed E-state index contributed by atoms with van der Waals surface area (Å²) >= 11 is 0. The fraction of sp³-hybridized carbons (Fsp3) is 0.643. The zero-order valence-corrected chi connectivity index (χ0v) is 12.2. The third-order valence-corrected chi connectivity index (χ3v) is 3.46. The number of nitroso groups, excluding NO2 is 1. The number of allylic oxidation sites excluding steroid dienone is 1. The maximum Gasteiger partial charge on any atom is 0.249 e. The molecule has 0 heterocycles. The van der Waals surface area contributed by atoms with Crippen LogP contribution in [0.15, 0.2) is 28.6 Å². The van der Waals surface area contributed by atoms with Crippen molar-refractivity contribution in [3.05, 3.63) is 28.3 Å². The van der Waals surface area contributed by atoms with Crippen LogP contribution in [0.3, 0.4) is 0 Å². The Morgan fingerprint density at radius 2 is 2.11 bits per heavy atom. The van der Waals surface area contributed by atoms with E-state index in [1.54, 1.807) is 19.1 Å². The monoisotopic (exact) mass is 266 g/mol. The van der Waals surface area contributed by atoms with Gasteiger partial charge < -0.3 is 10.4 Å². The molecule has 0 aliphatic heterocycles. The van der Waals surface area contributed by atoms with E-state index >= 15 is 0 Å². The fourth-order valence-electron chi connectivity index (χ4n) is 2.34. The van der Waals surface area contributed by atoms with Gasteiger partial charge in [-0.15, -0.1) is 0 Å². The van der Waals surface area contributed by atoms with Crippen LogP contribution in [0.4, 0.5) is 0 Å². The summed E-state index contributed by atoms with van der Waals surface area (Å²) in [6, 6.07) is 0. The summed E-state index contributed by atoms with van der Waals surface area (Å²) in [5.74, 6) is -0.578. The van der Waals surface area contributed by atoms with Crippen molar-refractivity contribution in [3.8, 4) is 0 Å². The molecule has 5 nitrogen and oxygen atoms in total. The second-order valence-electron chi connectivity index (χ2n) is 6.20. The molecule has 0 spiro atoms. The number of nitrogens with zero attached hydrogens (tertiary/aromatic N) is 1. The van der Waals surface area contributed by atoms with Gasteiger partial charge in [0.25, 0.3) is 0 Å². The number of aliphatic hydroxyl groups is 1. The highest BCUT2D eigenvalue weighted by Crippen LogP contribution is 2.41. The highest BCUT2D eigenvalue weighted by molar-refractivity contribution is 5.80. The largest absolute Gasteiger partial charge is 0.385 e. The number of carbonyl (C=O) groups is 1. The molecule has 0 radical (unpaired) electrons. The van der Waals surface area contributed by atoms with Gasteiger partial charge in [-0.3, -0.25) is 4.79 Å². The summed E-state index contributed by atoms with van der Waals surface area (Å²) in [5.41, 5.74) is 0.294. The van der Waals surface area contributed by atoms with Crippen molar-refractivity contribution in [2.24, 2.45) is 16.5 Å². The maximum atomic E-state index is 11.4. The van der Waals surface area contributed by atoms with Crippen molar-refractivity contribution in [2.45, 2.75) is 40.2 Å². The highest BCUT2D eigenvalue weighted by Gasteiger charge is 2.40. The van der Waals surface area contributed by atoms with Gasteiger partial charge in [0.2, 0.25) is 5.91 Å². The average molecular weight is 266 g/mol. The van der Waals surface area contributed by atoms with E-state index in [4.69, 9.17) is 0 Å². The Bertz CT molecular complexity index is 442. The molecule has 0 fully saturated rings. The molecule has 1 aliphatic rings. The average Bonchev–Trinajstić information content (AvgIpc) is 2.22. The van der Waals surface area contributed by atoms with Gasteiger partial charge in [-0.05, 0) is 24.0 Å². The molecule has 1 aliphatic carbocycles. The fourth-order valence-corrected chi connectivity index (χ4v) is 2.34. The zero-order valence-electron chi connectivity index (χ0n) is 12.2. The number of nitrogens with one attached hydrogen (secondary N) is 1. The summed E-state index contributed by atoms with van der Waals surface area (Å²) in [6.45, 7) is 9.30. The van der Waals surface area contributed by atoms with Crippen LogP contribution in [-0.4, -0.2) is 23.2 Å². The summed E-state index contributed by atoms with van der Waals surface area (Å²) in [6.07, 6.45) is 3.57. The maximum absolute atomic E-state index is 11.4. The Balaban J connectivity index is 3.06. The molecular formula is C14H22N2O3. The first-order valence-corrected chi connectivity index (χ1v) is 6.35. The Kier molecular flexibility index (Phi) is 4.30. The van der Waals surface area contributed by atoms with Gasteiger partial charge in [0, 0.05) is 11.6 Å². The molecule has 0 saturated heterocycles. The van der Waals surface area contributed by atoms with Gasteiger partial charge in [0.15, 0.2) is 6.54 Å². The predicted octanol–water partition coefficient (Wildman–Crippen LogP) is 2.13. The third kappa shape index (κ3) is 3.50. The van der Waals surface area contributed by atoms with Gasteiger partial charge in [0.1, 0.15) is 0 Å². The van der Waals surface area contributed by atoms with Gasteiger partial charge in [0.05, 0.1) is 5.60 Å². The lowest BCUT2D eigenvalue weighted by atomic mass is 9.69. The van der Waals surface area contributed by atoms with E-state index in [9.17, 15) is 14.8 Å². The first kappa shape index (κ1) is 15.6. The van der Waals surface area contributed by atoms with Crippen molar-refractivity contribution >= 4 is 5.91 Å². The Hall–Kier alpha value is -1.49. The smallest absolute Gasteiger partial charge is 0.249 e. The number of rotatable bonds is 3. The first-order chi connectivity index (χ1) is 8.59. The van der Waals surface area contributed by atoms with Gasteiger partial charge >= 0.3 is 0 Å². The van der Waals surface area contributed by atoms with Gasteiger partial charge in [-0.25, -0.2) is 0 Å². The second kappa shape index (κ2) is 5.25. The lowest BCUT2D eigenvalue weighted by Crippen LogP contribution is -2.42. The quantitative estimate of drug-likeness (QED) is 0.768. The van der Waals surface area contributed by atoms with Crippen LogP contribution in [-0.2, 0) is 4.79 Å². The van der Waals surface area contributed by atoms with Crippen molar-refractivity contribution in [3.63, 3.8) is 0 Å². The second-order valence-corrected chi connectivity index (χ2v) is 6.20. The van der Waals surface area contributed by atoms with Crippen LogP contribution in [0.5, 0.6) is 0 Å². The van der Waals surface area contributed by atoms with Crippen LogP contribution in [0.25, 0.3) is 0 Å². The van der Waals surface area contributed by atoms with Crippen LogP contribution >= 0.6 is 0 Å². The van der Waals surface area contributed by atoms with Gasteiger partial charge in [-0.1, -0.05) is 38.9 Å². The first-order valence-electron chi connectivity index (χ1n) is 6.35. The van der Waals surface area contributed by atoms with E-state index < -0.39 is 18.1 Å². The van der Waals surface area contributed by atoms with Crippen molar-refractivity contribution < 1.29 is 9.90 Å². The van der Waals surface area contributed by atoms with Crippen LogP contribution in [0.2, 0.25) is 0 Å². The third-order valence-electron chi connectivity index (χ3n) is 3.46. The minimum Gasteiger partial charge on any atom is -0.385 e. The number of hydrogen-bond donors (Lipinski definition) is 2. The minimum absolute atomic E-state index is 0.133. The summed E-state index contributed by atoms with van der Waals surface area (Å²) in [7, 11) is 0. The van der Waals surface area contributed by atoms with E-state index in [1.165, 1.54) is 0 Å². The SMILES string of the molecule is CC1C=C(NC(=O)CN=O)C=C(C(C)(C)C)C1(C)O. The standard InChI is InChI=1S/C14H22N2O3/c1-9-6-10(16-12(17)8-15-19)7-11(13(2,3)4)14(9,5)18/h6-7,9,18H,8H2,1-5H3,(H,16,17). The molecular weight excluding hydrogens is 244 g/mol. The molecule has 0 aromatic heterocycles. The van der Waals surface area contributed by atoms with Crippen LogP contribution in [0.1, 0.15) is 34.6 Å². The van der Waals surface area contributed by atoms with E-state index in [-0.39, 0.29) is 11.3 Å². The topological polar surface area (TPSA) is 78.8 Å². The lowest BCUT2D eigenvalue weighted by molar-refractivity contribution is -0.119. The molecule has 19 heavy (non-hydrogen) atoms. The lowest BCUT2D eigenvalue weighted by Gasteiger charge is -2.41. The summed E-state index contributed by atoms with van der Waals surface area (Å²) < 4.78 is 0. The molecule has 1 rings (SSSR count). The molecule has 0 bridgehead atoms. The number of amides is 1. The van der Waals surface area contributed by atoms with Crippen molar-refractivity contribution in [1.82, 2.24) is 5.32 Å². The zero-order chi connectivity index (χ0) is 14.8. The van der Waals surface area contributed by atoms with Crippen LogP contribution < -0.4 is 5.32 Å². The van der Waals surface area contributed by atoms with Crippen molar-refractivity contribution in [1.29, 1.82) is 0 Å². The Morgan fingerprint density at radius 1 is 1.53 bits per heavy atom. The van der Waals surface area contributed by atoms with Crippen molar-refractivity contribution in [2.75, 3.05) is 6.54 Å². The Labute approximate surface area is 113 Å². The number of carbonyl (C=O) groups excluding carboxylic acids is 1. The molecule has 0 saturated carbocycles. The molecule has 2 unspecified atom stereocenters. The molecule has 5 heteroatoms. The normalized spacial score (nSPS) is 27.4. The molecule has 2 N–H and O–H groups in total. The van der Waals surface area contributed by atoms with E-state index in [2.05, 4.69) is 10.5 Å². The molecule has 2 atom stereocenters. The highest BCUT2D eigenvalue weighted by atomic mass is 16.3. The molecule has 0 aromatic carbocycles. The molecule has 106 valence electrons. The number of hydrogen-bond acceptors (Lipinski definition) is 4. The Morgan fingerprint density at radius 3 is 2.58 bits per heavy atom. The van der Waals surface area contributed by atoms with E-state index in [0.717, 1.165) is 5.57 Å². The minimum atomic E-state index is -0.949. The van der Waals surface area contributed by atoms with Gasteiger partial charge in [-0.2, -0.15) is 4.91 Å². The summed E-state index contributed by atoms with van der Waals surface area (Å²) in [4.78, 5) is 21.5. The predicted molar refractivity (Wildman–Crippen MR) is 74.2 cm³/mol. The molecule has 0 aromatic rings. The van der Waals surface area contributed by atoms with E-state index in [0.29, 0.717) is 5.70 Å². The summed E-state index contributed by atoms with van der Waals surface area (Å²) in [5, 5.41) is 15.8. The van der Waals surface area contributed by atoms with E-state index in [1.807, 2.05) is 27.7 Å².